The van der Waals surface area contributed by atoms with Crippen LogP contribution in [0.15, 0.2) is 30.3 Å². The van der Waals surface area contributed by atoms with Gasteiger partial charge >= 0.3 is 0 Å². The summed E-state index contributed by atoms with van der Waals surface area (Å²) >= 11 is 2.46. The van der Waals surface area contributed by atoms with Gasteiger partial charge in [-0.2, -0.15) is 0 Å². The SMILES string of the molecule is CC1(I)C=Cc2ccccc2NC1. The van der Waals surface area contributed by atoms with Crippen molar-refractivity contribution in [3.8, 4) is 0 Å². The molecule has 1 N–H and O–H groups in total. The van der Waals surface area contributed by atoms with Crippen LogP contribution in [0.3, 0.4) is 0 Å². The molecule has 2 rings (SSSR count). The summed E-state index contributed by atoms with van der Waals surface area (Å²) < 4.78 is 0.219. The van der Waals surface area contributed by atoms with Crippen LogP contribution in [0.4, 0.5) is 5.69 Å². The molecule has 0 aliphatic carbocycles. The normalized spacial score (nSPS) is 26.0. The third-order valence-corrected chi connectivity index (χ3v) is 2.94. The fourth-order valence-corrected chi connectivity index (χ4v) is 1.76. The van der Waals surface area contributed by atoms with Crippen LogP contribution in [-0.2, 0) is 0 Å². The highest BCUT2D eigenvalue weighted by molar-refractivity contribution is 14.1. The van der Waals surface area contributed by atoms with Crippen molar-refractivity contribution in [1.29, 1.82) is 0 Å². The van der Waals surface area contributed by atoms with E-state index in [4.69, 9.17) is 0 Å². The quantitative estimate of drug-likeness (QED) is 0.569. The number of rotatable bonds is 0. The van der Waals surface area contributed by atoms with E-state index in [1.54, 1.807) is 0 Å². The zero-order valence-electron chi connectivity index (χ0n) is 7.55. The number of fused-ring (bicyclic) bond motifs is 1. The summed E-state index contributed by atoms with van der Waals surface area (Å²) in [5.74, 6) is 0. The van der Waals surface area contributed by atoms with Crippen LogP contribution < -0.4 is 5.32 Å². The van der Waals surface area contributed by atoms with Gasteiger partial charge in [-0.15, -0.1) is 0 Å². The summed E-state index contributed by atoms with van der Waals surface area (Å²) in [6.45, 7) is 3.21. The first-order valence-electron chi connectivity index (χ1n) is 4.38. The molecule has 13 heavy (non-hydrogen) atoms. The molecular formula is C11H12IN. The molecule has 1 nitrogen and oxygen atoms in total. The van der Waals surface area contributed by atoms with E-state index in [2.05, 4.69) is 71.2 Å². The molecule has 0 amide bonds. The second-order valence-electron chi connectivity index (χ2n) is 3.55. The zero-order chi connectivity index (χ0) is 9.31. The Kier molecular flexibility index (Phi) is 2.32. The van der Waals surface area contributed by atoms with Gasteiger partial charge in [-0.1, -0.05) is 52.9 Å². The molecule has 1 aromatic rings. The second-order valence-corrected chi connectivity index (χ2v) is 6.02. The average molecular weight is 285 g/mol. The highest BCUT2D eigenvalue weighted by Crippen LogP contribution is 2.28. The molecule has 0 bridgehead atoms. The first kappa shape index (κ1) is 9.06. The van der Waals surface area contributed by atoms with Gasteiger partial charge in [-0.3, -0.25) is 0 Å². The number of hydrogen-bond acceptors (Lipinski definition) is 1. The summed E-state index contributed by atoms with van der Waals surface area (Å²) in [4.78, 5) is 0. The number of benzene rings is 1. The number of anilines is 1. The lowest BCUT2D eigenvalue weighted by molar-refractivity contribution is 0.877. The van der Waals surface area contributed by atoms with Gasteiger partial charge in [-0.25, -0.2) is 0 Å². The third kappa shape index (κ3) is 2.05. The summed E-state index contributed by atoms with van der Waals surface area (Å²) in [6, 6.07) is 8.39. The molecule has 2 heteroatoms. The molecule has 0 radical (unpaired) electrons. The molecule has 0 saturated heterocycles. The molecule has 1 aliphatic rings. The number of nitrogens with one attached hydrogen (secondary N) is 1. The maximum absolute atomic E-state index is 3.45. The number of para-hydroxylation sites is 1. The third-order valence-electron chi connectivity index (χ3n) is 2.20. The van der Waals surface area contributed by atoms with Crippen LogP contribution in [0.1, 0.15) is 12.5 Å². The maximum Gasteiger partial charge on any atom is 0.0548 e. The van der Waals surface area contributed by atoms with Gasteiger partial charge in [0.1, 0.15) is 0 Å². The van der Waals surface area contributed by atoms with Gasteiger partial charge in [-0.05, 0) is 18.6 Å². The van der Waals surface area contributed by atoms with Crippen molar-refractivity contribution in [2.24, 2.45) is 0 Å². The number of hydrogen-bond donors (Lipinski definition) is 1. The second kappa shape index (κ2) is 3.33. The van der Waals surface area contributed by atoms with Crippen molar-refractivity contribution < 1.29 is 0 Å². The van der Waals surface area contributed by atoms with Crippen LogP contribution in [0.5, 0.6) is 0 Å². The molecule has 1 aliphatic heterocycles. The van der Waals surface area contributed by atoms with Crippen molar-refractivity contribution in [2.45, 2.75) is 10.3 Å². The minimum atomic E-state index is 0.219. The van der Waals surface area contributed by atoms with Gasteiger partial charge in [0.15, 0.2) is 0 Å². The molecule has 1 atom stereocenters. The standard InChI is InChI=1S/C11H12IN/c1-11(12)7-6-9-4-2-3-5-10(9)13-8-11/h2-7,13H,8H2,1H3. The molecule has 0 saturated carbocycles. The zero-order valence-corrected chi connectivity index (χ0v) is 9.71. The van der Waals surface area contributed by atoms with Gasteiger partial charge < -0.3 is 5.32 Å². The predicted molar refractivity (Wildman–Crippen MR) is 66.4 cm³/mol. The van der Waals surface area contributed by atoms with Gasteiger partial charge in [0.2, 0.25) is 0 Å². The van der Waals surface area contributed by atoms with E-state index in [0.717, 1.165) is 6.54 Å². The molecule has 68 valence electrons. The van der Waals surface area contributed by atoms with Crippen LogP contribution in [-0.4, -0.2) is 9.97 Å². The summed E-state index contributed by atoms with van der Waals surface area (Å²) in [7, 11) is 0. The van der Waals surface area contributed by atoms with Crippen molar-refractivity contribution >= 4 is 34.4 Å². The molecule has 1 unspecified atom stereocenters. The van der Waals surface area contributed by atoms with Crippen LogP contribution in [0.25, 0.3) is 6.08 Å². The van der Waals surface area contributed by atoms with E-state index < -0.39 is 0 Å². The van der Waals surface area contributed by atoms with E-state index in [1.165, 1.54) is 11.3 Å². The summed E-state index contributed by atoms with van der Waals surface area (Å²) in [5.41, 5.74) is 2.52. The topological polar surface area (TPSA) is 12.0 Å². The highest BCUT2D eigenvalue weighted by Gasteiger charge is 2.18. The fraction of sp³-hybridized carbons (Fsp3) is 0.273. The fourth-order valence-electron chi connectivity index (χ4n) is 1.39. The molecule has 0 spiro atoms. The summed E-state index contributed by atoms with van der Waals surface area (Å²) in [5, 5.41) is 3.45. The Labute approximate surface area is 92.4 Å². The lowest BCUT2D eigenvalue weighted by Crippen LogP contribution is -2.22. The summed E-state index contributed by atoms with van der Waals surface area (Å²) in [6.07, 6.45) is 4.45. The number of halogens is 1. The first-order chi connectivity index (χ1) is 6.17. The molecule has 1 heterocycles. The van der Waals surface area contributed by atoms with Gasteiger partial charge in [0, 0.05) is 12.2 Å². The Bertz CT molecular complexity index is 342. The van der Waals surface area contributed by atoms with E-state index in [0.29, 0.717) is 0 Å². The predicted octanol–water partition coefficient (Wildman–Crippen LogP) is 3.32. The molecule has 1 aromatic carbocycles. The average Bonchev–Trinajstić information content (AvgIpc) is 2.27. The molecular weight excluding hydrogens is 273 g/mol. The maximum atomic E-state index is 3.45. The Morgan fingerprint density at radius 3 is 3.00 bits per heavy atom. The number of alkyl halides is 1. The smallest absolute Gasteiger partial charge is 0.0548 e. The van der Waals surface area contributed by atoms with E-state index in [1.807, 2.05) is 0 Å². The van der Waals surface area contributed by atoms with Crippen LogP contribution in [0.2, 0.25) is 0 Å². The van der Waals surface area contributed by atoms with Crippen molar-refractivity contribution in [3.05, 3.63) is 35.9 Å². The highest BCUT2D eigenvalue weighted by atomic mass is 127. The van der Waals surface area contributed by atoms with Crippen molar-refractivity contribution in [1.82, 2.24) is 0 Å². The van der Waals surface area contributed by atoms with E-state index >= 15 is 0 Å². The minimum Gasteiger partial charge on any atom is -0.383 e. The van der Waals surface area contributed by atoms with E-state index in [-0.39, 0.29) is 3.42 Å². The lowest BCUT2D eigenvalue weighted by atomic mass is 10.1. The van der Waals surface area contributed by atoms with Gasteiger partial charge in [0.05, 0.1) is 3.42 Å². The Morgan fingerprint density at radius 1 is 1.38 bits per heavy atom. The first-order valence-corrected chi connectivity index (χ1v) is 5.46. The molecule has 0 aromatic heterocycles. The van der Waals surface area contributed by atoms with Gasteiger partial charge in [0.25, 0.3) is 0 Å². The van der Waals surface area contributed by atoms with Crippen LogP contribution in [0, 0.1) is 0 Å². The van der Waals surface area contributed by atoms with Crippen molar-refractivity contribution in [2.75, 3.05) is 11.9 Å². The van der Waals surface area contributed by atoms with Crippen LogP contribution >= 0.6 is 22.6 Å². The molecule has 0 fully saturated rings. The lowest BCUT2D eigenvalue weighted by Gasteiger charge is -2.16. The largest absolute Gasteiger partial charge is 0.383 e. The Hall–Kier alpha value is -0.510. The Balaban J connectivity index is 2.39. The van der Waals surface area contributed by atoms with Crippen molar-refractivity contribution in [3.63, 3.8) is 0 Å². The minimum absolute atomic E-state index is 0.219. The Morgan fingerprint density at radius 2 is 2.15 bits per heavy atom. The monoisotopic (exact) mass is 285 g/mol. The van der Waals surface area contributed by atoms with E-state index in [9.17, 15) is 0 Å².